The highest BCUT2D eigenvalue weighted by Crippen LogP contribution is 2.18. The highest BCUT2D eigenvalue weighted by molar-refractivity contribution is 5.67. The molecule has 2 aliphatic heterocycles. The Hall–Kier alpha value is -1.82. The van der Waals surface area contributed by atoms with Crippen LogP contribution >= 0.6 is 0 Å². The van der Waals surface area contributed by atoms with Gasteiger partial charge in [0, 0.05) is 25.9 Å². The van der Waals surface area contributed by atoms with Gasteiger partial charge in [0.15, 0.2) is 0 Å². The van der Waals surface area contributed by atoms with Crippen molar-refractivity contribution in [3.8, 4) is 0 Å². The van der Waals surface area contributed by atoms with Gasteiger partial charge in [-0.2, -0.15) is 0 Å². The number of quaternary nitrogens is 1. The normalized spacial score (nSPS) is 20.2. The van der Waals surface area contributed by atoms with Crippen molar-refractivity contribution in [1.29, 1.82) is 0 Å². The van der Waals surface area contributed by atoms with E-state index in [0.29, 0.717) is 18.3 Å². The molecule has 0 saturated carbocycles. The van der Waals surface area contributed by atoms with Crippen LogP contribution < -0.4 is 9.80 Å². The van der Waals surface area contributed by atoms with E-state index >= 15 is 0 Å². The highest BCUT2D eigenvalue weighted by Gasteiger charge is 2.32. The first-order valence-electron chi connectivity index (χ1n) is 8.94. The van der Waals surface area contributed by atoms with Gasteiger partial charge < -0.3 is 19.4 Å². The van der Waals surface area contributed by atoms with Crippen LogP contribution in [0.4, 0.5) is 14.9 Å². The van der Waals surface area contributed by atoms with Gasteiger partial charge in [-0.3, -0.25) is 0 Å². The number of likely N-dealkylation sites (tertiary alicyclic amines) is 1. The Kier molecular flexibility index (Phi) is 5.56. The molecule has 0 unspecified atom stereocenters. The zero-order valence-corrected chi connectivity index (χ0v) is 14.3. The Bertz CT molecular complexity index is 553. The third kappa shape index (κ3) is 3.80. The van der Waals surface area contributed by atoms with Gasteiger partial charge in [0.05, 0.1) is 44.5 Å². The molecule has 0 aliphatic carbocycles. The third-order valence-electron chi connectivity index (χ3n) is 5.20. The van der Waals surface area contributed by atoms with E-state index in [1.807, 2.05) is 24.0 Å². The van der Waals surface area contributed by atoms with Crippen LogP contribution in [0.2, 0.25) is 0 Å². The number of ether oxygens (including phenoxy) is 1. The second kappa shape index (κ2) is 7.83. The number of halogens is 1. The second-order valence-electron chi connectivity index (χ2n) is 6.56. The lowest BCUT2D eigenvalue weighted by atomic mass is 10.0. The van der Waals surface area contributed by atoms with Gasteiger partial charge in [0.2, 0.25) is 0 Å². The molecule has 2 heterocycles. The smallest absolute Gasteiger partial charge is 0.409 e. The number of carbonyl (C=O) groups is 1. The number of hydrogen-bond acceptors (Lipinski definition) is 3. The Morgan fingerprint density at radius 2 is 1.88 bits per heavy atom. The van der Waals surface area contributed by atoms with Gasteiger partial charge >= 0.3 is 6.09 Å². The fraction of sp³-hybridized carbons (Fsp3) is 0.611. The minimum Gasteiger partial charge on any atom is -0.450 e. The van der Waals surface area contributed by atoms with Crippen LogP contribution in [0.3, 0.4) is 0 Å². The first-order valence-corrected chi connectivity index (χ1v) is 8.94. The average molecular weight is 336 g/mol. The maximum absolute atomic E-state index is 13.9. The molecule has 6 heteroatoms. The number of hydrogen-bond donors (Lipinski definition) is 1. The van der Waals surface area contributed by atoms with E-state index in [0.717, 1.165) is 52.1 Å². The van der Waals surface area contributed by atoms with Gasteiger partial charge in [-0.15, -0.1) is 0 Å². The van der Waals surface area contributed by atoms with E-state index in [4.69, 9.17) is 4.74 Å². The molecule has 132 valence electrons. The van der Waals surface area contributed by atoms with Crippen LogP contribution in [0.5, 0.6) is 0 Å². The molecule has 0 radical (unpaired) electrons. The van der Waals surface area contributed by atoms with Crippen LogP contribution in [0.15, 0.2) is 24.3 Å². The SMILES string of the molecule is CCOC(=O)N1CCC([NH+]2CCN(c3ccccc3F)CC2)CC1. The second-order valence-corrected chi connectivity index (χ2v) is 6.56. The molecule has 5 nitrogen and oxygen atoms in total. The number of benzene rings is 1. The van der Waals surface area contributed by atoms with Crippen molar-refractivity contribution in [3.05, 3.63) is 30.1 Å². The number of nitrogens with one attached hydrogen (secondary N) is 1. The van der Waals surface area contributed by atoms with Crippen molar-refractivity contribution in [2.24, 2.45) is 0 Å². The molecule has 1 N–H and O–H groups in total. The Labute approximate surface area is 143 Å². The quantitative estimate of drug-likeness (QED) is 0.900. The van der Waals surface area contributed by atoms with E-state index in [-0.39, 0.29) is 11.9 Å². The van der Waals surface area contributed by atoms with Crippen molar-refractivity contribution >= 4 is 11.8 Å². The molecule has 1 aromatic carbocycles. The summed E-state index contributed by atoms with van der Waals surface area (Å²) in [4.78, 5) is 17.3. The fourth-order valence-corrected chi connectivity index (χ4v) is 3.84. The molecular weight excluding hydrogens is 309 g/mol. The highest BCUT2D eigenvalue weighted by atomic mass is 19.1. The Balaban J connectivity index is 1.48. The number of piperazine rings is 1. The van der Waals surface area contributed by atoms with Gasteiger partial charge in [-0.05, 0) is 19.1 Å². The average Bonchev–Trinajstić information content (AvgIpc) is 2.63. The summed E-state index contributed by atoms with van der Waals surface area (Å²) >= 11 is 0. The third-order valence-corrected chi connectivity index (χ3v) is 5.20. The minimum absolute atomic E-state index is 0.135. The predicted octanol–water partition coefficient (Wildman–Crippen LogP) is 1.15. The van der Waals surface area contributed by atoms with Crippen LogP contribution in [0, 0.1) is 5.82 Å². The lowest BCUT2D eigenvalue weighted by Gasteiger charge is -2.40. The summed E-state index contributed by atoms with van der Waals surface area (Å²) in [7, 11) is 0. The molecule has 24 heavy (non-hydrogen) atoms. The van der Waals surface area contributed by atoms with E-state index in [9.17, 15) is 9.18 Å². The molecule has 3 rings (SSSR count). The number of amides is 1. The summed E-state index contributed by atoms with van der Waals surface area (Å²) in [6.07, 6.45) is 1.86. The summed E-state index contributed by atoms with van der Waals surface area (Å²) in [5.74, 6) is -0.135. The maximum Gasteiger partial charge on any atom is 0.409 e. The summed E-state index contributed by atoms with van der Waals surface area (Å²) in [6.45, 7) is 7.65. The molecule has 1 amide bonds. The van der Waals surface area contributed by atoms with E-state index in [2.05, 4.69) is 4.90 Å². The Morgan fingerprint density at radius 1 is 1.21 bits per heavy atom. The molecular formula is C18H27FN3O2+. The minimum atomic E-state index is -0.185. The first-order chi connectivity index (χ1) is 11.7. The molecule has 0 bridgehead atoms. The van der Waals surface area contributed by atoms with Crippen LogP contribution in [-0.2, 0) is 4.74 Å². The maximum atomic E-state index is 13.9. The lowest BCUT2D eigenvalue weighted by molar-refractivity contribution is -0.927. The predicted molar refractivity (Wildman–Crippen MR) is 90.9 cm³/mol. The number of piperidine rings is 1. The van der Waals surface area contributed by atoms with Gasteiger partial charge in [-0.1, -0.05) is 12.1 Å². The zero-order valence-electron chi connectivity index (χ0n) is 14.3. The molecule has 1 aromatic rings. The van der Waals surface area contributed by atoms with Crippen LogP contribution in [0.25, 0.3) is 0 Å². The molecule has 2 saturated heterocycles. The largest absolute Gasteiger partial charge is 0.450 e. The molecule has 2 aliphatic rings. The molecule has 0 aromatic heterocycles. The van der Waals surface area contributed by atoms with Crippen molar-refractivity contribution in [2.45, 2.75) is 25.8 Å². The van der Waals surface area contributed by atoms with Gasteiger partial charge in [-0.25, -0.2) is 9.18 Å². The number of para-hydroxylation sites is 1. The van der Waals surface area contributed by atoms with E-state index in [1.54, 1.807) is 11.0 Å². The number of anilines is 1. The number of nitrogens with zero attached hydrogens (tertiary/aromatic N) is 2. The summed E-state index contributed by atoms with van der Waals surface area (Å²) in [6, 6.07) is 7.61. The van der Waals surface area contributed by atoms with Crippen molar-refractivity contribution in [2.75, 3.05) is 50.8 Å². The Morgan fingerprint density at radius 3 is 2.50 bits per heavy atom. The lowest BCUT2D eigenvalue weighted by Crippen LogP contribution is -3.18. The summed E-state index contributed by atoms with van der Waals surface area (Å²) in [5.41, 5.74) is 0.716. The first kappa shape index (κ1) is 17.0. The van der Waals surface area contributed by atoms with Crippen LogP contribution in [0.1, 0.15) is 19.8 Å². The molecule has 0 atom stereocenters. The topological polar surface area (TPSA) is 37.2 Å². The standard InChI is InChI=1S/C18H26FN3O2/c1-2-24-18(23)22-9-7-15(8-10-22)20-11-13-21(14-12-20)17-6-4-3-5-16(17)19/h3-6,15H,2,7-14H2,1H3/p+1. The summed E-state index contributed by atoms with van der Waals surface area (Å²) in [5, 5.41) is 0. The van der Waals surface area contributed by atoms with Crippen molar-refractivity contribution < 1.29 is 18.8 Å². The van der Waals surface area contributed by atoms with Crippen molar-refractivity contribution in [3.63, 3.8) is 0 Å². The van der Waals surface area contributed by atoms with E-state index in [1.165, 1.54) is 6.07 Å². The number of carbonyl (C=O) groups excluding carboxylic acids is 1. The monoisotopic (exact) mass is 336 g/mol. The molecule has 0 spiro atoms. The fourth-order valence-electron chi connectivity index (χ4n) is 3.84. The van der Waals surface area contributed by atoms with Gasteiger partial charge in [0.25, 0.3) is 0 Å². The van der Waals surface area contributed by atoms with Crippen molar-refractivity contribution in [1.82, 2.24) is 4.90 Å². The number of rotatable bonds is 3. The zero-order chi connectivity index (χ0) is 16.9. The van der Waals surface area contributed by atoms with E-state index < -0.39 is 0 Å². The molecule has 2 fully saturated rings. The van der Waals surface area contributed by atoms with Gasteiger partial charge in [0.1, 0.15) is 5.82 Å². The summed E-state index contributed by atoms with van der Waals surface area (Å²) < 4.78 is 19.0. The van der Waals surface area contributed by atoms with Crippen LogP contribution in [-0.4, -0.2) is 62.9 Å².